The minimum Gasteiger partial charge on any atom is -0.452 e. The summed E-state index contributed by atoms with van der Waals surface area (Å²) in [6.07, 6.45) is -0.614. The number of nitrogens with zero attached hydrogens (tertiary/aromatic N) is 1. The number of ether oxygens (including phenoxy) is 1. The molecule has 0 radical (unpaired) electrons. The van der Waals surface area contributed by atoms with E-state index in [9.17, 15) is 14.7 Å². The van der Waals surface area contributed by atoms with Crippen molar-refractivity contribution in [2.24, 2.45) is 5.41 Å². The number of aliphatic hydroxyl groups excluding tert-OH is 1. The lowest BCUT2D eigenvalue weighted by atomic mass is 9.84. The van der Waals surface area contributed by atoms with E-state index < -0.39 is 12.1 Å². The molecule has 1 N–H and O–H groups in total. The molecule has 0 saturated carbocycles. The number of amides is 1. The molecule has 1 unspecified atom stereocenters. The van der Waals surface area contributed by atoms with Crippen molar-refractivity contribution in [3.63, 3.8) is 0 Å². The van der Waals surface area contributed by atoms with E-state index >= 15 is 0 Å². The highest BCUT2D eigenvalue weighted by atomic mass is 16.5. The molecule has 0 spiro atoms. The monoisotopic (exact) mass is 321 g/mol. The number of carbonyl (C=O) groups excluding carboxylic acids is 2. The van der Waals surface area contributed by atoms with Gasteiger partial charge in [-0.2, -0.15) is 0 Å². The van der Waals surface area contributed by atoms with Gasteiger partial charge in [-0.1, -0.05) is 32.9 Å². The highest BCUT2D eigenvalue weighted by Gasteiger charge is 2.24. The van der Waals surface area contributed by atoms with Gasteiger partial charge in [0, 0.05) is 13.1 Å². The first-order valence-corrected chi connectivity index (χ1v) is 7.93. The number of benzene rings is 1. The van der Waals surface area contributed by atoms with Gasteiger partial charge < -0.3 is 14.7 Å². The van der Waals surface area contributed by atoms with Gasteiger partial charge in [0.2, 0.25) is 0 Å². The Kier molecular flexibility index (Phi) is 6.76. The topological polar surface area (TPSA) is 66.8 Å². The maximum absolute atomic E-state index is 12.0. The standard InChI is InChI=1S/C18H27NO4/c1-6-19(7-2)15(20)12-23-17(22)14-10-8-13(9-11-14)16(21)18(3,4)5/h8-11,16,21H,6-7,12H2,1-5H3. The molecule has 0 heterocycles. The average molecular weight is 321 g/mol. The summed E-state index contributed by atoms with van der Waals surface area (Å²) in [6.45, 7) is 10.5. The van der Waals surface area contributed by atoms with Gasteiger partial charge in [0.05, 0.1) is 11.7 Å². The smallest absolute Gasteiger partial charge is 0.338 e. The van der Waals surface area contributed by atoms with Crippen LogP contribution in [-0.2, 0) is 9.53 Å². The van der Waals surface area contributed by atoms with E-state index in [4.69, 9.17) is 4.74 Å². The molecule has 23 heavy (non-hydrogen) atoms. The Hall–Kier alpha value is -1.88. The maximum Gasteiger partial charge on any atom is 0.338 e. The highest BCUT2D eigenvalue weighted by molar-refractivity contribution is 5.91. The molecule has 1 rings (SSSR count). The lowest BCUT2D eigenvalue weighted by Gasteiger charge is -2.26. The second kappa shape index (κ2) is 8.11. The van der Waals surface area contributed by atoms with Crippen molar-refractivity contribution in [3.05, 3.63) is 35.4 Å². The molecule has 1 atom stereocenters. The van der Waals surface area contributed by atoms with E-state index in [0.717, 1.165) is 5.56 Å². The predicted molar refractivity (Wildman–Crippen MR) is 89.1 cm³/mol. The Balaban J connectivity index is 2.66. The van der Waals surface area contributed by atoms with Crippen LogP contribution in [0.1, 0.15) is 56.6 Å². The van der Waals surface area contributed by atoms with Crippen molar-refractivity contribution in [2.45, 2.75) is 40.7 Å². The lowest BCUT2D eigenvalue weighted by Crippen LogP contribution is -2.34. The third-order valence-corrected chi connectivity index (χ3v) is 3.73. The summed E-state index contributed by atoms with van der Waals surface area (Å²) in [6, 6.07) is 6.63. The van der Waals surface area contributed by atoms with Crippen molar-refractivity contribution in [1.82, 2.24) is 4.90 Å². The van der Waals surface area contributed by atoms with Gasteiger partial charge in [0.25, 0.3) is 5.91 Å². The molecule has 0 aliphatic rings. The zero-order valence-electron chi connectivity index (χ0n) is 14.6. The molecule has 0 aliphatic carbocycles. The summed E-state index contributed by atoms with van der Waals surface area (Å²) < 4.78 is 5.05. The Morgan fingerprint density at radius 3 is 2.09 bits per heavy atom. The summed E-state index contributed by atoms with van der Waals surface area (Å²) in [5, 5.41) is 10.2. The van der Waals surface area contributed by atoms with Crippen molar-refractivity contribution >= 4 is 11.9 Å². The predicted octanol–water partition coefficient (Wildman–Crippen LogP) is 2.79. The van der Waals surface area contributed by atoms with E-state index in [1.54, 1.807) is 29.2 Å². The van der Waals surface area contributed by atoms with Crippen LogP contribution in [0.3, 0.4) is 0 Å². The van der Waals surface area contributed by atoms with Crippen LogP contribution in [0.15, 0.2) is 24.3 Å². The summed E-state index contributed by atoms with van der Waals surface area (Å²) in [5.74, 6) is -0.745. The van der Waals surface area contributed by atoms with E-state index in [1.165, 1.54) is 0 Å². The van der Waals surface area contributed by atoms with Crippen LogP contribution in [0.25, 0.3) is 0 Å². The SMILES string of the molecule is CCN(CC)C(=O)COC(=O)c1ccc(C(O)C(C)(C)C)cc1. The number of likely N-dealkylation sites (N-methyl/N-ethyl adjacent to an activating group) is 1. The third-order valence-electron chi connectivity index (χ3n) is 3.73. The van der Waals surface area contributed by atoms with Gasteiger partial charge in [0.1, 0.15) is 0 Å². The van der Waals surface area contributed by atoms with Crippen LogP contribution in [0.4, 0.5) is 0 Å². The summed E-state index contributed by atoms with van der Waals surface area (Å²) in [7, 11) is 0. The van der Waals surface area contributed by atoms with Crippen molar-refractivity contribution in [3.8, 4) is 0 Å². The Morgan fingerprint density at radius 2 is 1.65 bits per heavy atom. The van der Waals surface area contributed by atoms with E-state index in [1.807, 2.05) is 34.6 Å². The maximum atomic E-state index is 12.0. The quantitative estimate of drug-likeness (QED) is 0.818. The first-order chi connectivity index (χ1) is 10.7. The van der Waals surface area contributed by atoms with E-state index in [-0.39, 0.29) is 17.9 Å². The van der Waals surface area contributed by atoms with Gasteiger partial charge in [0.15, 0.2) is 6.61 Å². The van der Waals surface area contributed by atoms with Crippen LogP contribution < -0.4 is 0 Å². The number of carbonyl (C=O) groups is 2. The van der Waals surface area contributed by atoms with Gasteiger partial charge in [-0.05, 0) is 37.0 Å². The van der Waals surface area contributed by atoms with Crippen molar-refractivity contribution in [2.75, 3.05) is 19.7 Å². The van der Waals surface area contributed by atoms with Crippen LogP contribution in [0.2, 0.25) is 0 Å². The number of rotatable bonds is 6. The minimum absolute atomic E-state index is 0.205. The normalized spacial score (nSPS) is 12.6. The van der Waals surface area contributed by atoms with E-state index in [2.05, 4.69) is 0 Å². The molecule has 1 aromatic carbocycles. The Bertz CT molecular complexity index is 527. The molecule has 0 bridgehead atoms. The number of hydrogen-bond donors (Lipinski definition) is 1. The van der Waals surface area contributed by atoms with E-state index in [0.29, 0.717) is 18.7 Å². The van der Waals surface area contributed by atoms with Crippen LogP contribution >= 0.6 is 0 Å². The van der Waals surface area contributed by atoms with Crippen LogP contribution in [0, 0.1) is 5.41 Å². The molecule has 0 saturated heterocycles. The number of aliphatic hydroxyl groups is 1. The van der Waals surface area contributed by atoms with Crippen LogP contribution in [-0.4, -0.2) is 41.6 Å². The fraction of sp³-hybridized carbons (Fsp3) is 0.556. The molecule has 0 aliphatic heterocycles. The summed E-state index contributed by atoms with van der Waals surface area (Å²) in [5.41, 5.74) is 0.827. The molecule has 0 fully saturated rings. The molecule has 0 aromatic heterocycles. The van der Waals surface area contributed by atoms with Gasteiger partial charge >= 0.3 is 5.97 Å². The number of esters is 1. The van der Waals surface area contributed by atoms with Gasteiger partial charge in [-0.25, -0.2) is 4.79 Å². The third kappa shape index (κ3) is 5.36. The minimum atomic E-state index is -0.614. The first kappa shape index (κ1) is 19.2. The fourth-order valence-electron chi connectivity index (χ4n) is 2.18. The van der Waals surface area contributed by atoms with Crippen molar-refractivity contribution in [1.29, 1.82) is 0 Å². The molecular formula is C18H27NO4. The molecule has 1 amide bonds. The van der Waals surface area contributed by atoms with Gasteiger partial charge in [-0.15, -0.1) is 0 Å². The molecule has 1 aromatic rings. The largest absolute Gasteiger partial charge is 0.452 e. The second-order valence-electron chi connectivity index (χ2n) is 6.53. The van der Waals surface area contributed by atoms with Gasteiger partial charge in [-0.3, -0.25) is 4.79 Å². The molecule has 5 heteroatoms. The molecule has 128 valence electrons. The Morgan fingerprint density at radius 1 is 1.13 bits per heavy atom. The fourth-order valence-corrected chi connectivity index (χ4v) is 2.18. The average Bonchev–Trinajstić information content (AvgIpc) is 2.52. The molecule has 5 nitrogen and oxygen atoms in total. The highest BCUT2D eigenvalue weighted by Crippen LogP contribution is 2.32. The number of hydrogen-bond acceptors (Lipinski definition) is 4. The lowest BCUT2D eigenvalue weighted by molar-refractivity contribution is -0.134. The Labute approximate surface area is 138 Å². The summed E-state index contributed by atoms with van der Waals surface area (Å²) in [4.78, 5) is 25.4. The van der Waals surface area contributed by atoms with Crippen molar-refractivity contribution < 1.29 is 19.4 Å². The molecular weight excluding hydrogens is 294 g/mol. The second-order valence-corrected chi connectivity index (χ2v) is 6.53. The summed E-state index contributed by atoms with van der Waals surface area (Å²) >= 11 is 0. The zero-order valence-corrected chi connectivity index (χ0v) is 14.6. The van der Waals surface area contributed by atoms with Crippen LogP contribution in [0.5, 0.6) is 0 Å². The first-order valence-electron chi connectivity index (χ1n) is 7.93. The zero-order chi connectivity index (χ0) is 17.6.